The molecule has 1 atom stereocenters. The number of rotatable bonds is 11. The van der Waals surface area contributed by atoms with Gasteiger partial charge >= 0.3 is 0 Å². The highest BCUT2D eigenvalue weighted by molar-refractivity contribution is 4.80. The van der Waals surface area contributed by atoms with Crippen molar-refractivity contribution < 1.29 is 4.74 Å². The molecule has 0 aromatic rings. The van der Waals surface area contributed by atoms with Crippen molar-refractivity contribution in [2.75, 3.05) is 33.4 Å². The summed E-state index contributed by atoms with van der Waals surface area (Å²) < 4.78 is 5.22. The second-order valence-corrected chi connectivity index (χ2v) is 6.10. The average molecular weight is 256 g/mol. The van der Waals surface area contributed by atoms with Gasteiger partial charge in [0.2, 0.25) is 0 Å². The van der Waals surface area contributed by atoms with E-state index in [0.29, 0.717) is 6.04 Å². The Kier molecular flexibility index (Phi) is 7.87. The largest absolute Gasteiger partial charge is 0.383 e. The highest BCUT2D eigenvalue weighted by Gasteiger charge is 2.20. The van der Waals surface area contributed by atoms with Crippen LogP contribution < -0.4 is 5.32 Å². The van der Waals surface area contributed by atoms with Gasteiger partial charge in [-0.1, -0.05) is 13.8 Å². The first-order valence-electron chi connectivity index (χ1n) is 7.59. The van der Waals surface area contributed by atoms with Crippen LogP contribution in [0.2, 0.25) is 0 Å². The minimum absolute atomic E-state index is 0.670. The van der Waals surface area contributed by atoms with E-state index < -0.39 is 0 Å². The smallest absolute Gasteiger partial charge is 0.0589 e. The van der Waals surface area contributed by atoms with Crippen molar-refractivity contribution in [1.29, 1.82) is 0 Å². The topological polar surface area (TPSA) is 24.5 Å². The molecule has 1 rings (SSSR count). The van der Waals surface area contributed by atoms with E-state index in [-0.39, 0.29) is 0 Å². The van der Waals surface area contributed by atoms with Gasteiger partial charge in [-0.3, -0.25) is 4.90 Å². The maximum absolute atomic E-state index is 5.22. The Morgan fingerprint density at radius 2 is 2.00 bits per heavy atom. The van der Waals surface area contributed by atoms with Gasteiger partial charge in [-0.25, -0.2) is 0 Å². The first-order valence-corrected chi connectivity index (χ1v) is 7.59. The van der Waals surface area contributed by atoms with Gasteiger partial charge in [-0.15, -0.1) is 0 Å². The van der Waals surface area contributed by atoms with E-state index in [2.05, 4.69) is 31.0 Å². The van der Waals surface area contributed by atoms with Crippen molar-refractivity contribution in [3.8, 4) is 0 Å². The van der Waals surface area contributed by atoms with Gasteiger partial charge in [-0.2, -0.15) is 0 Å². The quantitative estimate of drug-likeness (QED) is 0.575. The normalized spacial score (nSPS) is 17.7. The number of methoxy groups -OCH3 is 1. The SMILES string of the molecule is COCCN(CC(C)C)C(C)CCCNC1CC1. The van der Waals surface area contributed by atoms with E-state index in [1.807, 2.05) is 0 Å². The first kappa shape index (κ1) is 15.9. The summed E-state index contributed by atoms with van der Waals surface area (Å²) in [5, 5.41) is 3.59. The molecule has 1 N–H and O–H groups in total. The lowest BCUT2D eigenvalue weighted by molar-refractivity contribution is 0.111. The first-order chi connectivity index (χ1) is 8.63. The number of hydrogen-bond donors (Lipinski definition) is 1. The lowest BCUT2D eigenvalue weighted by atomic mass is 10.1. The molecule has 108 valence electrons. The molecule has 3 heteroatoms. The maximum atomic E-state index is 5.22. The van der Waals surface area contributed by atoms with Crippen molar-refractivity contribution >= 4 is 0 Å². The Labute approximate surface area is 113 Å². The van der Waals surface area contributed by atoms with Crippen LogP contribution in [0.25, 0.3) is 0 Å². The fourth-order valence-electron chi connectivity index (χ4n) is 2.34. The van der Waals surface area contributed by atoms with Crippen LogP contribution in [0.3, 0.4) is 0 Å². The standard InChI is InChI=1S/C15H32N2O/c1-13(2)12-17(10-11-18-4)14(3)6-5-9-16-15-7-8-15/h13-16H,5-12H2,1-4H3. The van der Waals surface area contributed by atoms with E-state index in [1.165, 1.54) is 38.8 Å². The molecule has 1 aliphatic rings. The third-order valence-corrected chi connectivity index (χ3v) is 3.61. The summed E-state index contributed by atoms with van der Waals surface area (Å²) in [5.41, 5.74) is 0. The minimum Gasteiger partial charge on any atom is -0.383 e. The van der Waals surface area contributed by atoms with Crippen LogP contribution in [0, 0.1) is 5.92 Å². The number of hydrogen-bond acceptors (Lipinski definition) is 3. The predicted molar refractivity (Wildman–Crippen MR) is 78.0 cm³/mol. The van der Waals surface area contributed by atoms with E-state index in [4.69, 9.17) is 4.74 Å². The highest BCUT2D eigenvalue weighted by Crippen LogP contribution is 2.18. The second kappa shape index (κ2) is 8.89. The number of nitrogens with zero attached hydrogens (tertiary/aromatic N) is 1. The molecule has 0 heterocycles. The Balaban J connectivity index is 2.15. The predicted octanol–water partition coefficient (Wildman–Crippen LogP) is 2.51. The summed E-state index contributed by atoms with van der Waals surface area (Å²) in [6, 6.07) is 1.52. The third-order valence-electron chi connectivity index (χ3n) is 3.61. The molecule has 3 nitrogen and oxygen atoms in total. The van der Waals surface area contributed by atoms with Crippen molar-refractivity contribution in [2.45, 2.75) is 58.5 Å². The Hall–Kier alpha value is -0.120. The molecule has 1 unspecified atom stereocenters. The molecular formula is C15H32N2O. The Morgan fingerprint density at radius 3 is 2.56 bits per heavy atom. The van der Waals surface area contributed by atoms with Crippen LogP contribution in [0.4, 0.5) is 0 Å². The second-order valence-electron chi connectivity index (χ2n) is 6.10. The molecule has 18 heavy (non-hydrogen) atoms. The molecular weight excluding hydrogens is 224 g/mol. The fourth-order valence-corrected chi connectivity index (χ4v) is 2.34. The van der Waals surface area contributed by atoms with Gasteiger partial charge in [0.05, 0.1) is 6.61 Å². The average Bonchev–Trinajstić information content (AvgIpc) is 3.13. The van der Waals surface area contributed by atoms with Gasteiger partial charge in [-0.05, 0) is 45.1 Å². The zero-order chi connectivity index (χ0) is 13.4. The van der Waals surface area contributed by atoms with E-state index in [0.717, 1.165) is 25.1 Å². The van der Waals surface area contributed by atoms with Crippen LogP contribution in [-0.2, 0) is 4.74 Å². The molecule has 0 aromatic carbocycles. The summed E-state index contributed by atoms with van der Waals surface area (Å²) in [5.74, 6) is 0.730. The molecule has 1 fully saturated rings. The van der Waals surface area contributed by atoms with Crippen molar-refractivity contribution in [1.82, 2.24) is 10.2 Å². The Bertz CT molecular complexity index is 205. The molecule has 0 aromatic heterocycles. The summed E-state index contributed by atoms with van der Waals surface area (Å²) in [4.78, 5) is 2.57. The number of nitrogens with one attached hydrogen (secondary N) is 1. The van der Waals surface area contributed by atoms with Crippen molar-refractivity contribution in [3.63, 3.8) is 0 Å². The molecule has 0 saturated heterocycles. The monoisotopic (exact) mass is 256 g/mol. The summed E-state index contributed by atoms with van der Waals surface area (Å²) in [6.45, 7) is 11.2. The lowest BCUT2D eigenvalue weighted by Crippen LogP contribution is -2.38. The zero-order valence-corrected chi connectivity index (χ0v) is 12.7. The summed E-state index contributed by atoms with van der Waals surface area (Å²) in [7, 11) is 1.79. The van der Waals surface area contributed by atoms with E-state index >= 15 is 0 Å². The fraction of sp³-hybridized carbons (Fsp3) is 1.00. The van der Waals surface area contributed by atoms with Crippen LogP contribution >= 0.6 is 0 Å². The van der Waals surface area contributed by atoms with Crippen molar-refractivity contribution in [3.05, 3.63) is 0 Å². The molecule has 1 aliphatic carbocycles. The summed E-state index contributed by atoms with van der Waals surface area (Å²) in [6.07, 6.45) is 5.36. The van der Waals surface area contributed by atoms with E-state index in [9.17, 15) is 0 Å². The van der Waals surface area contributed by atoms with Crippen LogP contribution in [0.5, 0.6) is 0 Å². The van der Waals surface area contributed by atoms with Gasteiger partial charge < -0.3 is 10.1 Å². The Morgan fingerprint density at radius 1 is 1.28 bits per heavy atom. The van der Waals surface area contributed by atoms with Gasteiger partial charge in [0, 0.05) is 32.3 Å². The molecule has 0 spiro atoms. The molecule has 0 amide bonds. The molecule has 0 bridgehead atoms. The maximum Gasteiger partial charge on any atom is 0.0589 e. The lowest BCUT2D eigenvalue weighted by Gasteiger charge is -2.30. The number of ether oxygens (including phenoxy) is 1. The third kappa shape index (κ3) is 7.34. The molecule has 1 saturated carbocycles. The van der Waals surface area contributed by atoms with Gasteiger partial charge in [0.1, 0.15) is 0 Å². The van der Waals surface area contributed by atoms with Crippen LogP contribution in [-0.4, -0.2) is 50.3 Å². The minimum atomic E-state index is 0.670. The van der Waals surface area contributed by atoms with Crippen LogP contribution in [0.15, 0.2) is 0 Å². The van der Waals surface area contributed by atoms with Gasteiger partial charge in [0.15, 0.2) is 0 Å². The highest BCUT2D eigenvalue weighted by atomic mass is 16.5. The van der Waals surface area contributed by atoms with Gasteiger partial charge in [0.25, 0.3) is 0 Å². The van der Waals surface area contributed by atoms with E-state index in [1.54, 1.807) is 7.11 Å². The molecule has 0 radical (unpaired) electrons. The zero-order valence-electron chi connectivity index (χ0n) is 12.7. The van der Waals surface area contributed by atoms with Crippen LogP contribution in [0.1, 0.15) is 46.5 Å². The molecule has 0 aliphatic heterocycles. The summed E-state index contributed by atoms with van der Waals surface area (Å²) >= 11 is 0. The van der Waals surface area contributed by atoms with Crippen molar-refractivity contribution in [2.24, 2.45) is 5.92 Å².